The van der Waals surface area contributed by atoms with Crippen LogP contribution in [-0.4, -0.2) is 26.8 Å². The zero-order chi connectivity index (χ0) is 16.9. The summed E-state index contributed by atoms with van der Waals surface area (Å²) in [6, 6.07) is 6.32. The van der Waals surface area contributed by atoms with Gasteiger partial charge in [0.05, 0.1) is 16.4 Å². The number of anilines is 1. The summed E-state index contributed by atoms with van der Waals surface area (Å²) < 4.78 is 0. The largest absolute Gasteiger partial charge is 0.301 e. The van der Waals surface area contributed by atoms with Gasteiger partial charge in [-0.15, -0.1) is 23.1 Å². The lowest BCUT2D eigenvalue weighted by molar-refractivity contribution is -0.384. The molecule has 1 fully saturated rings. The summed E-state index contributed by atoms with van der Waals surface area (Å²) in [5.41, 5.74) is 1.32. The van der Waals surface area contributed by atoms with Crippen LogP contribution in [0.25, 0.3) is 11.3 Å². The number of aromatic nitrogens is 1. The van der Waals surface area contributed by atoms with Gasteiger partial charge in [0.25, 0.3) is 5.69 Å². The molecule has 0 unspecified atom stereocenters. The molecule has 1 amide bonds. The van der Waals surface area contributed by atoms with Crippen LogP contribution < -0.4 is 5.32 Å². The number of nitro benzene ring substituents is 1. The van der Waals surface area contributed by atoms with E-state index in [0.717, 1.165) is 0 Å². The summed E-state index contributed by atoms with van der Waals surface area (Å²) in [5.74, 6) is 0.392. The van der Waals surface area contributed by atoms with Gasteiger partial charge in [0, 0.05) is 28.3 Å². The van der Waals surface area contributed by atoms with Gasteiger partial charge in [-0.25, -0.2) is 4.98 Å². The highest BCUT2D eigenvalue weighted by atomic mass is 32.2. The summed E-state index contributed by atoms with van der Waals surface area (Å²) in [6.45, 7) is 0. The number of nitrogens with one attached hydrogen (secondary N) is 1. The molecule has 0 saturated heterocycles. The normalized spacial score (nSPS) is 14.7. The standard InChI is InChI=1S/C16H17N3O3S2/c20-15(10-23-13-6-1-2-7-13)18-16-17-14(9-24-16)11-4-3-5-12(8-11)19(21)22/h3-5,8-9,13H,1-2,6-7,10H2,(H,17,18,20). The number of thiazole rings is 1. The van der Waals surface area contributed by atoms with Crippen LogP contribution in [0.15, 0.2) is 29.6 Å². The third-order valence-corrected chi connectivity index (χ3v) is 5.98. The number of non-ortho nitro benzene ring substituents is 1. The average Bonchev–Trinajstić information content (AvgIpc) is 3.25. The van der Waals surface area contributed by atoms with Gasteiger partial charge in [-0.1, -0.05) is 25.0 Å². The maximum atomic E-state index is 12.0. The van der Waals surface area contributed by atoms with E-state index in [1.165, 1.54) is 49.2 Å². The molecular formula is C16H17N3O3S2. The molecule has 1 aromatic heterocycles. The second kappa shape index (κ2) is 7.76. The number of rotatable bonds is 6. The summed E-state index contributed by atoms with van der Waals surface area (Å²) in [6.07, 6.45) is 4.93. The van der Waals surface area contributed by atoms with Gasteiger partial charge in [-0.3, -0.25) is 14.9 Å². The predicted octanol–water partition coefficient (Wildman–Crippen LogP) is 4.33. The van der Waals surface area contributed by atoms with Gasteiger partial charge in [-0.2, -0.15) is 0 Å². The number of hydrogen-bond acceptors (Lipinski definition) is 6. The zero-order valence-electron chi connectivity index (χ0n) is 12.9. The Bertz CT molecular complexity index is 742. The summed E-state index contributed by atoms with van der Waals surface area (Å²) >= 11 is 3.03. The third kappa shape index (κ3) is 4.33. The zero-order valence-corrected chi connectivity index (χ0v) is 14.6. The second-order valence-corrected chi connectivity index (χ2v) is 7.76. The quantitative estimate of drug-likeness (QED) is 0.610. The molecule has 126 valence electrons. The van der Waals surface area contributed by atoms with Gasteiger partial charge in [0.1, 0.15) is 0 Å². The third-order valence-electron chi connectivity index (χ3n) is 3.86. The lowest BCUT2D eigenvalue weighted by Crippen LogP contribution is -2.15. The van der Waals surface area contributed by atoms with Gasteiger partial charge in [-0.05, 0) is 12.8 Å². The topological polar surface area (TPSA) is 85.1 Å². The molecule has 1 aliphatic carbocycles. The highest BCUT2D eigenvalue weighted by molar-refractivity contribution is 8.00. The smallest absolute Gasteiger partial charge is 0.270 e. The summed E-state index contributed by atoms with van der Waals surface area (Å²) in [5, 5.41) is 16.6. The van der Waals surface area contributed by atoms with E-state index < -0.39 is 4.92 Å². The lowest BCUT2D eigenvalue weighted by Gasteiger charge is -2.07. The summed E-state index contributed by atoms with van der Waals surface area (Å²) in [7, 11) is 0. The number of carbonyl (C=O) groups is 1. The highest BCUT2D eigenvalue weighted by Crippen LogP contribution is 2.30. The molecule has 0 radical (unpaired) electrons. The minimum Gasteiger partial charge on any atom is -0.301 e. The molecule has 6 nitrogen and oxygen atoms in total. The van der Waals surface area contributed by atoms with Gasteiger partial charge >= 0.3 is 0 Å². The van der Waals surface area contributed by atoms with Crippen LogP contribution in [0.5, 0.6) is 0 Å². The Morgan fingerprint density at radius 1 is 1.42 bits per heavy atom. The van der Waals surface area contributed by atoms with Crippen LogP contribution in [0.4, 0.5) is 10.8 Å². The van der Waals surface area contributed by atoms with Crippen molar-refractivity contribution < 1.29 is 9.72 Å². The lowest BCUT2D eigenvalue weighted by atomic mass is 10.1. The van der Waals surface area contributed by atoms with Gasteiger partial charge in [0.15, 0.2) is 5.13 Å². The van der Waals surface area contributed by atoms with Crippen molar-refractivity contribution in [3.05, 3.63) is 39.8 Å². The van der Waals surface area contributed by atoms with Crippen molar-refractivity contribution in [3.63, 3.8) is 0 Å². The molecule has 3 rings (SSSR count). The number of nitro groups is 1. The van der Waals surface area contributed by atoms with E-state index in [2.05, 4.69) is 10.3 Å². The fraction of sp³-hybridized carbons (Fsp3) is 0.375. The van der Waals surface area contributed by atoms with Gasteiger partial charge in [0.2, 0.25) is 5.91 Å². The first-order valence-corrected chi connectivity index (χ1v) is 9.66. The van der Waals surface area contributed by atoms with Crippen LogP contribution in [-0.2, 0) is 4.79 Å². The molecule has 8 heteroatoms. The van der Waals surface area contributed by atoms with Gasteiger partial charge < -0.3 is 5.32 Å². The average molecular weight is 363 g/mol. The van der Waals surface area contributed by atoms with E-state index in [1.807, 2.05) is 0 Å². The Labute approximate surface area is 147 Å². The Morgan fingerprint density at radius 3 is 2.96 bits per heavy atom. The molecule has 0 atom stereocenters. The minimum absolute atomic E-state index is 0.0269. The van der Waals surface area contributed by atoms with Crippen molar-refractivity contribution in [1.29, 1.82) is 0 Å². The van der Waals surface area contributed by atoms with E-state index in [9.17, 15) is 14.9 Å². The van der Waals surface area contributed by atoms with E-state index in [0.29, 0.717) is 27.4 Å². The Kier molecular flexibility index (Phi) is 5.47. The van der Waals surface area contributed by atoms with Crippen LogP contribution >= 0.6 is 23.1 Å². The monoisotopic (exact) mass is 363 g/mol. The van der Waals surface area contributed by atoms with E-state index in [1.54, 1.807) is 29.3 Å². The molecule has 2 aromatic rings. The Morgan fingerprint density at radius 2 is 2.21 bits per heavy atom. The number of thioether (sulfide) groups is 1. The molecule has 1 aliphatic rings. The molecule has 1 saturated carbocycles. The number of benzene rings is 1. The maximum absolute atomic E-state index is 12.0. The number of nitrogens with zero attached hydrogens (tertiary/aromatic N) is 2. The fourth-order valence-electron chi connectivity index (χ4n) is 2.65. The molecule has 1 N–H and O–H groups in total. The molecule has 24 heavy (non-hydrogen) atoms. The minimum atomic E-state index is -0.432. The van der Waals surface area contributed by atoms with Crippen LogP contribution in [0.1, 0.15) is 25.7 Å². The van der Waals surface area contributed by atoms with Crippen molar-refractivity contribution in [2.45, 2.75) is 30.9 Å². The van der Waals surface area contributed by atoms with Crippen molar-refractivity contribution in [3.8, 4) is 11.3 Å². The van der Waals surface area contributed by atoms with Crippen molar-refractivity contribution in [2.24, 2.45) is 0 Å². The Hall–Kier alpha value is -1.93. The van der Waals surface area contributed by atoms with Crippen molar-refractivity contribution in [2.75, 3.05) is 11.1 Å². The Balaban J connectivity index is 1.59. The first kappa shape index (κ1) is 16.9. The SMILES string of the molecule is O=C(CSC1CCCC1)Nc1nc(-c2cccc([N+](=O)[O-])c2)cs1. The molecule has 1 aromatic carbocycles. The fourth-order valence-corrected chi connectivity index (χ4v) is 4.51. The predicted molar refractivity (Wildman–Crippen MR) is 97.5 cm³/mol. The molecule has 1 heterocycles. The highest BCUT2D eigenvalue weighted by Gasteiger charge is 2.17. The first-order chi connectivity index (χ1) is 11.6. The molecular weight excluding hydrogens is 346 g/mol. The van der Waals surface area contributed by atoms with Crippen molar-refractivity contribution >= 4 is 39.8 Å². The van der Waals surface area contributed by atoms with Crippen LogP contribution in [0.3, 0.4) is 0 Å². The molecule has 0 spiro atoms. The van der Waals surface area contributed by atoms with Crippen LogP contribution in [0, 0.1) is 10.1 Å². The van der Waals surface area contributed by atoms with E-state index in [-0.39, 0.29) is 11.6 Å². The van der Waals surface area contributed by atoms with Crippen molar-refractivity contribution in [1.82, 2.24) is 4.98 Å². The summed E-state index contributed by atoms with van der Waals surface area (Å²) in [4.78, 5) is 26.8. The first-order valence-electron chi connectivity index (χ1n) is 7.73. The number of hydrogen-bond donors (Lipinski definition) is 1. The number of carbonyl (C=O) groups excluding carboxylic acids is 1. The second-order valence-electron chi connectivity index (χ2n) is 5.61. The van der Waals surface area contributed by atoms with E-state index >= 15 is 0 Å². The molecule has 0 aliphatic heterocycles. The maximum Gasteiger partial charge on any atom is 0.270 e. The van der Waals surface area contributed by atoms with E-state index in [4.69, 9.17) is 0 Å². The number of amides is 1. The van der Waals surface area contributed by atoms with Crippen LogP contribution in [0.2, 0.25) is 0 Å². The molecule has 0 bridgehead atoms.